The molecule has 1 fully saturated rings. The standard InChI is InChI=1S/C6H13O9P/c7-1-3-4(9)5(10)6(2-8,14-3)15-16(11,12)13/h3-5,7-10H,1-2H2,(H2,11,12,13). The van der Waals surface area contributed by atoms with Crippen LogP contribution >= 0.6 is 7.82 Å². The summed E-state index contributed by atoms with van der Waals surface area (Å²) in [6, 6.07) is 0. The number of phosphoric acid groups is 1. The number of aliphatic hydroxyl groups excluding tert-OH is 4. The van der Waals surface area contributed by atoms with Crippen molar-refractivity contribution < 1.29 is 44.0 Å². The largest absolute Gasteiger partial charge is 0.472 e. The summed E-state index contributed by atoms with van der Waals surface area (Å²) in [6.07, 6.45) is -4.81. The maximum absolute atomic E-state index is 10.6. The fourth-order valence-corrected chi connectivity index (χ4v) is 2.05. The van der Waals surface area contributed by atoms with Gasteiger partial charge in [-0.25, -0.2) is 9.09 Å². The first-order valence-electron chi connectivity index (χ1n) is 4.28. The summed E-state index contributed by atoms with van der Waals surface area (Å²) >= 11 is 0. The van der Waals surface area contributed by atoms with Gasteiger partial charge in [-0.3, -0.25) is 0 Å². The van der Waals surface area contributed by atoms with Gasteiger partial charge in [-0.15, -0.1) is 0 Å². The zero-order chi connectivity index (χ0) is 12.6. The smallest absolute Gasteiger partial charge is 0.394 e. The van der Waals surface area contributed by atoms with Crippen molar-refractivity contribution in [2.75, 3.05) is 13.2 Å². The Kier molecular flexibility index (Phi) is 4.06. The second-order valence-electron chi connectivity index (χ2n) is 3.33. The van der Waals surface area contributed by atoms with Crippen molar-refractivity contribution in [2.45, 2.75) is 24.1 Å². The van der Waals surface area contributed by atoms with Crippen LogP contribution in [0.4, 0.5) is 0 Å². The van der Waals surface area contributed by atoms with Crippen molar-refractivity contribution in [1.29, 1.82) is 0 Å². The SMILES string of the molecule is O=P(O)(O)OC1(CO)OC(CO)C(O)C1O. The molecule has 1 saturated heterocycles. The molecule has 4 atom stereocenters. The Labute approximate surface area is 90.1 Å². The van der Waals surface area contributed by atoms with E-state index < -0.39 is 45.1 Å². The number of hydrogen-bond acceptors (Lipinski definition) is 7. The summed E-state index contributed by atoms with van der Waals surface area (Å²) in [6.45, 7) is -1.79. The summed E-state index contributed by atoms with van der Waals surface area (Å²) in [5.74, 6) is -2.44. The molecule has 1 rings (SSSR count). The van der Waals surface area contributed by atoms with Crippen LogP contribution in [0.1, 0.15) is 0 Å². The van der Waals surface area contributed by atoms with E-state index in [9.17, 15) is 14.8 Å². The van der Waals surface area contributed by atoms with Crippen LogP contribution in [0.3, 0.4) is 0 Å². The van der Waals surface area contributed by atoms with E-state index in [0.717, 1.165) is 0 Å². The Hall–Kier alpha value is -0.0900. The Morgan fingerprint density at radius 2 is 1.88 bits per heavy atom. The number of hydrogen-bond donors (Lipinski definition) is 6. The van der Waals surface area contributed by atoms with E-state index in [0.29, 0.717) is 0 Å². The summed E-state index contributed by atoms with van der Waals surface area (Å²) < 4.78 is 19.5. The molecule has 0 aromatic rings. The van der Waals surface area contributed by atoms with Gasteiger partial charge in [0.2, 0.25) is 5.79 Å². The molecule has 0 spiro atoms. The Balaban J connectivity index is 2.93. The lowest BCUT2D eigenvalue weighted by atomic mass is 10.1. The Morgan fingerprint density at radius 3 is 2.19 bits per heavy atom. The average molecular weight is 260 g/mol. The van der Waals surface area contributed by atoms with Crippen molar-refractivity contribution in [2.24, 2.45) is 0 Å². The topological polar surface area (TPSA) is 157 Å². The first-order chi connectivity index (χ1) is 7.25. The molecule has 0 amide bonds. The van der Waals surface area contributed by atoms with Gasteiger partial charge in [0, 0.05) is 0 Å². The minimum absolute atomic E-state index is 0.704. The molecule has 0 aromatic heterocycles. The van der Waals surface area contributed by atoms with E-state index >= 15 is 0 Å². The molecule has 0 saturated carbocycles. The second-order valence-corrected chi connectivity index (χ2v) is 4.49. The third-order valence-corrected chi connectivity index (χ3v) is 2.73. The highest BCUT2D eigenvalue weighted by Gasteiger charge is 2.57. The molecular formula is C6H13O9P. The number of ether oxygens (including phenoxy) is 1. The lowest BCUT2D eigenvalue weighted by molar-refractivity contribution is -0.237. The van der Waals surface area contributed by atoms with E-state index in [1.54, 1.807) is 0 Å². The van der Waals surface area contributed by atoms with Gasteiger partial charge >= 0.3 is 7.82 Å². The van der Waals surface area contributed by atoms with Crippen LogP contribution in [0.25, 0.3) is 0 Å². The number of phosphoric ester groups is 1. The molecule has 4 unspecified atom stereocenters. The fourth-order valence-electron chi connectivity index (χ4n) is 1.44. The molecule has 10 heteroatoms. The third-order valence-electron chi connectivity index (χ3n) is 2.18. The van der Waals surface area contributed by atoms with Crippen molar-refractivity contribution in [1.82, 2.24) is 0 Å². The van der Waals surface area contributed by atoms with Crippen LogP contribution in [-0.2, 0) is 13.8 Å². The quantitative estimate of drug-likeness (QED) is 0.288. The van der Waals surface area contributed by atoms with Crippen LogP contribution in [0.5, 0.6) is 0 Å². The third kappa shape index (κ3) is 2.59. The van der Waals surface area contributed by atoms with Crippen molar-refractivity contribution in [3.05, 3.63) is 0 Å². The van der Waals surface area contributed by atoms with Crippen LogP contribution < -0.4 is 0 Å². The van der Waals surface area contributed by atoms with Crippen molar-refractivity contribution in [3.63, 3.8) is 0 Å². The minimum atomic E-state index is -5.04. The highest BCUT2D eigenvalue weighted by atomic mass is 31.2. The van der Waals surface area contributed by atoms with Gasteiger partial charge < -0.3 is 34.9 Å². The minimum Gasteiger partial charge on any atom is -0.394 e. The number of rotatable bonds is 4. The fraction of sp³-hybridized carbons (Fsp3) is 1.00. The molecule has 0 radical (unpaired) electrons. The molecule has 0 bridgehead atoms. The van der Waals surface area contributed by atoms with Crippen LogP contribution in [0.15, 0.2) is 0 Å². The lowest BCUT2D eigenvalue weighted by Gasteiger charge is -2.29. The molecule has 96 valence electrons. The molecule has 9 nitrogen and oxygen atoms in total. The Bertz CT molecular complexity index is 290. The van der Waals surface area contributed by atoms with Crippen molar-refractivity contribution >= 4 is 7.82 Å². The summed E-state index contributed by atoms with van der Waals surface area (Å²) in [5, 5.41) is 36.5. The van der Waals surface area contributed by atoms with E-state index in [1.807, 2.05) is 0 Å². The van der Waals surface area contributed by atoms with Crippen molar-refractivity contribution in [3.8, 4) is 0 Å². The average Bonchev–Trinajstić information content (AvgIpc) is 2.41. The molecular weight excluding hydrogens is 247 g/mol. The zero-order valence-corrected chi connectivity index (χ0v) is 8.90. The molecule has 16 heavy (non-hydrogen) atoms. The highest BCUT2D eigenvalue weighted by molar-refractivity contribution is 7.46. The molecule has 6 N–H and O–H groups in total. The van der Waals surface area contributed by atoms with E-state index in [1.165, 1.54) is 0 Å². The summed E-state index contributed by atoms with van der Waals surface area (Å²) in [5.41, 5.74) is 0. The maximum atomic E-state index is 10.6. The normalized spacial score (nSPS) is 40.2. The van der Waals surface area contributed by atoms with Gasteiger partial charge in [-0.1, -0.05) is 0 Å². The predicted molar refractivity (Wildman–Crippen MR) is 46.9 cm³/mol. The second kappa shape index (κ2) is 4.65. The van der Waals surface area contributed by atoms with E-state index in [-0.39, 0.29) is 0 Å². The first kappa shape index (κ1) is 14.0. The molecule has 0 aliphatic carbocycles. The van der Waals surface area contributed by atoms with Crippen LogP contribution in [-0.4, -0.2) is 67.5 Å². The van der Waals surface area contributed by atoms with Gasteiger partial charge in [-0.2, -0.15) is 0 Å². The van der Waals surface area contributed by atoms with Gasteiger partial charge in [-0.05, 0) is 0 Å². The molecule has 1 aliphatic heterocycles. The maximum Gasteiger partial charge on any atom is 0.472 e. The lowest BCUT2D eigenvalue weighted by Crippen LogP contribution is -2.47. The van der Waals surface area contributed by atoms with Gasteiger partial charge in [0.05, 0.1) is 6.61 Å². The molecule has 1 heterocycles. The summed E-state index contributed by atoms with van der Waals surface area (Å²) in [7, 11) is -5.04. The number of aliphatic hydroxyl groups is 4. The van der Waals surface area contributed by atoms with E-state index in [2.05, 4.69) is 4.52 Å². The van der Waals surface area contributed by atoms with Crippen LogP contribution in [0.2, 0.25) is 0 Å². The predicted octanol–water partition coefficient (Wildman–Crippen LogP) is -3.10. The molecule has 1 aliphatic rings. The monoisotopic (exact) mass is 260 g/mol. The summed E-state index contributed by atoms with van der Waals surface area (Å²) in [4.78, 5) is 17.2. The molecule has 0 aromatic carbocycles. The van der Waals surface area contributed by atoms with Gasteiger partial charge in [0.1, 0.15) is 24.9 Å². The van der Waals surface area contributed by atoms with Gasteiger partial charge in [0.25, 0.3) is 0 Å². The van der Waals surface area contributed by atoms with Crippen LogP contribution in [0, 0.1) is 0 Å². The Morgan fingerprint density at radius 1 is 1.31 bits per heavy atom. The highest BCUT2D eigenvalue weighted by Crippen LogP contribution is 2.46. The van der Waals surface area contributed by atoms with Gasteiger partial charge in [0.15, 0.2) is 0 Å². The van der Waals surface area contributed by atoms with E-state index in [4.69, 9.17) is 24.7 Å². The zero-order valence-electron chi connectivity index (χ0n) is 8.00. The first-order valence-corrected chi connectivity index (χ1v) is 5.81.